The number of nitrogens with zero attached hydrogens (tertiary/aromatic N) is 1. The van der Waals surface area contributed by atoms with Crippen molar-refractivity contribution in [1.82, 2.24) is 4.98 Å². The van der Waals surface area contributed by atoms with Crippen LogP contribution in [0.15, 0.2) is 12.1 Å². The van der Waals surface area contributed by atoms with Gasteiger partial charge in [0.15, 0.2) is 0 Å². The van der Waals surface area contributed by atoms with Gasteiger partial charge in [0.2, 0.25) is 0 Å². The first kappa shape index (κ1) is 12.4. The van der Waals surface area contributed by atoms with Crippen LogP contribution in [0.3, 0.4) is 0 Å². The third kappa shape index (κ3) is 2.91. The minimum atomic E-state index is -1.38. The number of anilines is 1. The van der Waals surface area contributed by atoms with Crippen LogP contribution in [-0.2, 0) is 4.79 Å². The topological polar surface area (TPSA) is 117 Å². The molecule has 0 saturated heterocycles. The van der Waals surface area contributed by atoms with E-state index in [-0.39, 0.29) is 5.69 Å². The van der Waals surface area contributed by atoms with Gasteiger partial charge in [0.05, 0.1) is 29.6 Å². The lowest BCUT2D eigenvalue weighted by Gasteiger charge is -2.16. The van der Waals surface area contributed by atoms with Crippen molar-refractivity contribution in [2.45, 2.75) is 25.6 Å². The summed E-state index contributed by atoms with van der Waals surface area (Å²) in [5, 5.41) is 27.5. The Morgan fingerprint density at radius 1 is 1.50 bits per heavy atom. The monoisotopic (exact) mass is 226 g/mol. The van der Waals surface area contributed by atoms with E-state index in [4.69, 9.17) is 10.8 Å². The number of carboxylic acids is 1. The third-order valence-corrected chi connectivity index (χ3v) is 2.20. The maximum atomic E-state index is 10.4. The van der Waals surface area contributed by atoms with Gasteiger partial charge >= 0.3 is 5.97 Å². The quantitative estimate of drug-likeness (QED) is 0.567. The van der Waals surface area contributed by atoms with Crippen molar-refractivity contribution in [2.24, 2.45) is 0 Å². The predicted molar refractivity (Wildman–Crippen MR) is 56.6 cm³/mol. The van der Waals surface area contributed by atoms with Crippen LogP contribution in [0.5, 0.6) is 0 Å². The summed E-state index contributed by atoms with van der Waals surface area (Å²) in [4.78, 5) is 14.3. The highest BCUT2D eigenvalue weighted by molar-refractivity contribution is 5.67. The highest BCUT2D eigenvalue weighted by Gasteiger charge is 2.22. The van der Waals surface area contributed by atoms with Crippen molar-refractivity contribution >= 4 is 11.7 Å². The van der Waals surface area contributed by atoms with Crippen molar-refractivity contribution in [3.05, 3.63) is 23.5 Å². The van der Waals surface area contributed by atoms with E-state index >= 15 is 0 Å². The zero-order chi connectivity index (χ0) is 12.3. The zero-order valence-corrected chi connectivity index (χ0v) is 8.79. The van der Waals surface area contributed by atoms with Crippen LogP contribution in [0.25, 0.3) is 0 Å². The normalized spacial score (nSPS) is 14.4. The SMILES string of the molecule is Cc1nc(C(O)C(O)CC(=O)O)ccc1N. The summed E-state index contributed by atoms with van der Waals surface area (Å²) in [5.41, 5.74) is 6.76. The summed E-state index contributed by atoms with van der Waals surface area (Å²) in [5.74, 6) is -1.18. The maximum absolute atomic E-state index is 10.4. The summed E-state index contributed by atoms with van der Waals surface area (Å²) < 4.78 is 0. The number of rotatable bonds is 4. The van der Waals surface area contributed by atoms with Crippen LogP contribution in [0.2, 0.25) is 0 Å². The Kier molecular flexibility index (Phi) is 3.81. The van der Waals surface area contributed by atoms with Gasteiger partial charge in [0.25, 0.3) is 0 Å². The fraction of sp³-hybridized carbons (Fsp3) is 0.400. The number of carbonyl (C=O) groups is 1. The Morgan fingerprint density at radius 2 is 2.12 bits per heavy atom. The van der Waals surface area contributed by atoms with E-state index in [2.05, 4.69) is 4.98 Å². The summed E-state index contributed by atoms with van der Waals surface area (Å²) >= 11 is 0. The Bertz CT molecular complexity index is 394. The summed E-state index contributed by atoms with van der Waals surface area (Å²) in [6, 6.07) is 3.01. The molecule has 1 aromatic heterocycles. The Morgan fingerprint density at radius 3 is 2.62 bits per heavy atom. The molecule has 1 rings (SSSR count). The Labute approximate surface area is 92.4 Å². The number of carboxylic acid groups (broad SMARTS) is 1. The molecule has 0 aliphatic heterocycles. The Balaban J connectivity index is 2.83. The molecule has 88 valence electrons. The van der Waals surface area contributed by atoms with E-state index in [1.807, 2.05) is 0 Å². The van der Waals surface area contributed by atoms with E-state index < -0.39 is 24.6 Å². The van der Waals surface area contributed by atoms with Crippen molar-refractivity contribution in [3.63, 3.8) is 0 Å². The number of pyridine rings is 1. The first-order chi connectivity index (χ1) is 7.41. The second-order valence-corrected chi connectivity index (χ2v) is 3.52. The van der Waals surface area contributed by atoms with Gasteiger partial charge in [-0.3, -0.25) is 9.78 Å². The molecule has 0 aliphatic rings. The molecule has 6 heteroatoms. The molecular weight excluding hydrogens is 212 g/mol. The standard InChI is InChI=1S/C10H14N2O4/c1-5-6(11)2-3-7(12-5)10(16)8(13)4-9(14)15/h2-3,8,10,13,16H,4,11H2,1H3,(H,14,15). The summed E-state index contributed by atoms with van der Waals surface area (Å²) in [6.45, 7) is 1.66. The number of aliphatic hydroxyl groups is 2. The van der Waals surface area contributed by atoms with Gasteiger partial charge in [0, 0.05) is 0 Å². The van der Waals surface area contributed by atoms with E-state index in [1.165, 1.54) is 6.07 Å². The lowest BCUT2D eigenvalue weighted by molar-refractivity contribution is -0.141. The number of nitrogens with two attached hydrogens (primary N) is 1. The highest BCUT2D eigenvalue weighted by Crippen LogP contribution is 2.19. The van der Waals surface area contributed by atoms with Gasteiger partial charge in [-0.05, 0) is 19.1 Å². The van der Waals surface area contributed by atoms with Crippen molar-refractivity contribution in [3.8, 4) is 0 Å². The minimum Gasteiger partial charge on any atom is -0.481 e. The molecule has 0 aromatic carbocycles. The van der Waals surface area contributed by atoms with Crippen molar-refractivity contribution < 1.29 is 20.1 Å². The van der Waals surface area contributed by atoms with E-state index in [0.29, 0.717) is 11.4 Å². The number of aromatic nitrogens is 1. The van der Waals surface area contributed by atoms with Gasteiger partial charge < -0.3 is 21.1 Å². The van der Waals surface area contributed by atoms with Gasteiger partial charge in [-0.25, -0.2) is 0 Å². The van der Waals surface area contributed by atoms with Gasteiger partial charge in [0.1, 0.15) is 6.10 Å². The van der Waals surface area contributed by atoms with Crippen LogP contribution in [0, 0.1) is 6.92 Å². The largest absolute Gasteiger partial charge is 0.481 e. The van der Waals surface area contributed by atoms with Crippen LogP contribution >= 0.6 is 0 Å². The average Bonchev–Trinajstić information content (AvgIpc) is 2.20. The number of hydrogen-bond acceptors (Lipinski definition) is 5. The molecule has 0 spiro atoms. The lowest BCUT2D eigenvalue weighted by Crippen LogP contribution is -2.22. The van der Waals surface area contributed by atoms with Crippen molar-refractivity contribution in [1.29, 1.82) is 0 Å². The van der Waals surface area contributed by atoms with Crippen molar-refractivity contribution in [2.75, 3.05) is 5.73 Å². The molecule has 5 N–H and O–H groups in total. The molecule has 0 bridgehead atoms. The van der Waals surface area contributed by atoms with E-state index in [1.54, 1.807) is 13.0 Å². The summed E-state index contributed by atoms with van der Waals surface area (Å²) in [6.07, 6.45) is -3.24. The molecule has 6 nitrogen and oxygen atoms in total. The number of nitrogen functional groups attached to an aromatic ring is 1. The van der Waals surface area contributed by atoms with Gasteiger partial charge in [-0.15, -0.1) is 0 Å². The number of aliphatic carboxylic acids is 1. The van der Waals surface area contributed by atoms with E-state index in [0.717, 1.165) is 0 Å². The maximum Gasteiger partial charge on any atom is 0.306 e. The molecule has 2 unspecified atom stereocenters. The average molecular weight is 226 g/mol. The fourth-order valence-electron chi connectivity index (χ4n) is 1.24. The molecule has 1 aromatic rings. The molecule has 1 heterocycles. The first-order valence-corrected chi connectivity index (χ1v) is 4.72. The smallest absolute Gasteiger partial charge is 0.306 e. The molecule has 0 fully saturated rings. The number of aryl methyl sites for hydroxylation is 1. The number of aliphatic hydroxyl groups excluding tert-OH is 2. The zero-order valence-electron chi connectivity index (χ0n) is 8.79. The molecule has 0 radical (unpaired) electrons. The molecule has 0 amide bonds. The number of hydrogen-bond donors (Lipinski definition) is 4. The van der Waals surface area contributed by atoms with Crippen LogP contribution in [0.1, 0.15) is 23.9 Å². The second-order valence-electron chi connectivity index (χ2n) is 3.52. The lowest BCUT2D eigenvalue weighted by atomic mass is 10.1. The fourth-order valence-corrected chi connectivity index (χ4v) is 1.24. The van der Waals surface area contributed by atoms with E-state index in [9.17, 15) is 15.0 Å². The molecule has 0 aliphatic carbocycles. The van der Waals surface area contributed by atoms with Gasteiger partial charge in [-0.1, -0.05) is 0 Å². The molecule has 0 saturated carbocycles. The third-order valence-electron chi connectivity index (χ3n) is 2.20. The Hall–Kier alpha value is -1.66. The summed E-state index contributed by atoms with van der Waals surface area (Å²) in [7, 11) is 0. The van der Waals surface area contributed by atoms with Crippen LogP contribution in [-0.4, -0.2) is 32.4 Å². The second kappa shape index (κ2) is 4.91. The van der Waals surface area contributed by atoms with Gasteiger partial charge in [-0.2, -0.15) is 0 Å². The predicted octanol–water partition coefficient (Wildman–Crippen LogP) is -0.159. The van der Waals surface area contributed by atoms with Crippen LogP contribution < -0.4 is 5.73 Å². The highest BCUT2D eigenvalue weighted by atomic mass is 16.4. The van der Waals surface area contributed by atoms with Crippen LogP contribution in [0.4, 0.5) is 5.69 Å². The molecule has 16 heavy (non-hydrogen) atoms. The minimum absolute atomic E-state index is 0.209. The first-order valence-electron chi connectivity index (χ1n) is 4.72. The molecular formula is C10H14N2O4. The molecule has 2 atom stereocenters.